The first-order valence-electron chi connectivity index (χ1n) is 6.45. The van der Waals surface area contributed by atoms with Gasteiger partial charge in [-0.05, 0) is 42.8 Å². The summed E-state index contributed by atoms with van der Waals surface area (Å²) in [5.74, 6) is 0.466. The highest BCUT2D eigenvalue weighted by Gasteiger charge is 2.32. The molecule has 0 atom stereocenters. The van der Waals surface area contributed by atoms with Crippen molar-refractivity contribution in [1.82, 2.24) is 20.2 Å². The number of benzene rings is 1. The van der Waals surface area contributed by atoms with Crippen molar-refractivity contribution >= 4 is 15.5 Å². The Morgan fingerprint density at radius 2 is 2.00 bits per heavy atom. The van der Waals surface area contributed by atoms with Crippen LogP contribution >= 0.6 is 0 Å². The summed E-state index contributed by atoms with van der Waals surface area (Å²) in [6, 6.07) is 5.58. The lowest BCUT2D eigenvalue weighted by molar-refractivity contribution is 0.472. The Morgan fingerprint density at radius 1 is 1.33 bits per heavy atom. The van der Waals surface area contributed by atoms with Crippen molar-refractivity contribution in [3.63, 3.8) is 0 Å². The Balaban J connectivity index is 2.47. The molecule has 0 bridgehead atoms. The smallest absolute Gasteiger partial charge is 0.184 e. The number of nitrogens with zero attached hydrogens (tertiary/aromatic N) is 4. The molecule has 114 valence electrons. The number of tetrazole rings is 1. The lowest BCUT2D eigenvalue weighted by atomic mass is 10.1. The maximum absolute atomic E-state index is 11.8. The summed E-state index contributed by atoms with van der Waals surface area (Å²) in [4.78, 5) is 0. The van der Waals surface area contributed by atoms with Gasteiger partial charge in [0.25, 0.3) is 0 Å². The Morgan fingerprint density at radius 3 is 2.62 bits per heavy atom. The Kier molecular flexibility index (Phi) is 3.75. The van der Waals surface area contributed by atoms with Crippen LogP contribution in [0.5, 0.6) is 0 Å². The minimum Gasteiger partial charge on any atom is -0.398 e. The average molecular weight is 309 g/mol. The second-order valence-electron chi connectivity index (χ2n) is 5.73. The average Bonchev–Trinajstić information content (AvgIpc) is 2.78. The monoisotopic (exact) mass is 309 g/mol. The molecule has 0 aliphatic carbocycles. The van der Waals surface area contributed by atoms with Crippen LogP contribution in [0.2, 0.25) is 0 Å². The van der Waals surface area contributed by atoms with E-state index in [1.807, 2.05) is 25.1 Å². The van der Waals surface area contributed by atoms with E-state index >= 15 is 0 Å². The van der Waals surface area contributed by atoms with Crippen LogP contribution in [0.3, 0.4) is 0 Å². The van der Waals surface area contributed by atoms with Gasteiger partial charge in [0.1, 0.15) is 0 Å². The van der Waals surface area contributed by atoms with Crippen LogP contribution in [0, 0.1) is 6.92 Å². The minimum atomic E-state index is -3.24. The third-order valence-corrected chi connectivity index (χ3v) is 5.77. The number of aryl methyl sites for hydroxylation is 1. The van der Waals surface area contributed by atoms with Gasteiger partial charge in [-0.1, -0.05) is 12.1 Å². The van der Waals surface area contributed by atoms with Crippen LogP contribution in [0.15, 0.2) is 18.2 Å². The molecule has 0 spiro atoms. The van der Waals surface area contributed by atoms with E-state index in [1.165, 1.54) is 10.9 Å². The first kappa shape index (κ1) is 15.4. The second kappa shape index (κ2) is 5.10. The van der Waals surface area contributed by atoms with Gasteiger partial charge in [0, 0.05) is 17.5 Å². The number of anilines is 1. The molecular weight excluding hydrogens is 290 g/mol. The second-order valence-corrected chi connectivity index (χ2v) is 8.38. The summed E-state index contributed by atoms with van der Waals surface area (Å²) in [6.45, 7) is 5.34. The molecule has 0 saturated carbocycles. The molecule has 0 saturated heterocycles. The predicted molar refractivity (Wildman–Crippen MR) is 81.3 cm³/mol. The fraction of sp³-hybridized carbons (Fsp3) is 0.462. The van der Waals surface area contributed by atoms with Crippen molar-refractivity contribution in [2.75, 3.05) is 12.0 Å². The number of hydrogen-bond donors (Lipinski definition) is 1. The molecule has 8 heteroatoms. The molecule has 0 aliphatic heterocycles. The number of aromatic nitrogens is 4. The van der Waals surface area contributed by atoms with Gasteiger partial charge in [0.15, 0.2) is 15.7 Å². The number of para-hydroxylation sites is 1. The standard InChI is InChI=1S/C13H19N5O2S/c1-9-6-5-7-10(11(9)14)12-15-16-17-18(12)8-13(2,3)21(4,19)20/h5-7H,8,14H2,1-4H3. The van der Waals surface area contributed by atoms with E-state index in [0.29, 0.717) is 17.1 Å². The largest absolute Gasteiger partial charge is 0.398 e. The van der Waals surface area contributed by atoms with E-state index in [-0.39, 0.29) is 6.54 Å². The molecule has 2 N–H and O–H groups in total. The molecule has 7 nitrogen and oxygen atoms in total. The van der Waals surface area contributed by atoms with E-state index in [4.69, 9.17) is 5.73 Å². The van der Waals surface area contributed by atoms with Crippen molar-refractivity contribution in [2.24, 2.45) is 0 Å². The fourth-order valence-electron chi connectivity index (χ4n) is 1.86. The summed E-state index contributed by atoms with van der Waals surface area (Å²) in [7, 11) is -3.24. The number of sulfone groups is 1. The van der Waals surface area contributed by atoms with Gasteiger partial charge in [0.2, 0.25) is 0 Å². The molecule has 1 aromatic carbocycles. The molecule has 0 amide bonds. The number of hydrogen-bond acceptors (Lipinski definition) is 6. The lowest BCUT2D eigenvalue weighted by Gasteiger charge is -2.22. The molecule has 2 rings (SSSR count). The Bertz CT molecular complexity index is 765. The van der Waals surface area contributed by atoms with E-state index in [2.05, 4.69) is 15.5 Å². The van der Waals surface area contributed by atoms with Gasteiger partial charge in [-0.15, -0.1) is 5.10 Å². The molecule has 21 heavy (non-hydrogen) atoms. The highest BCUT2D eigenvalue weighted by molar-refractivity contribution is 7.92. The maximum Gasteiger partial charge on any atom is 0.184 e. The molecule has 0 radical (unpaired) electrons. The van der Waals surface area contributed by atoms with Crippen LogP contribution in [0.1, 0.15) is 19.4 Å². The molecule has 1 aromatic heterocycles. The zero-order chi connectivity index (χ0) is 15.8. The molecule has 0 unspecified atom stereocenters. The molecule has 0 fully saturated rings. The third kappa shape index (κ3) is 2.90. The van der Waals surface area contributed by atoms with Gasteiger partial charge in [-0.3, -0.25) is 0 Å². The first-order valence-corrected chi connectivity index (χ1v) is 8.34. The highest BCUT2D eigenvalue weighted by Crippen LogP contribution is 2.27. The van der Waals surface area contributed by atoms with Crippen LogP contribution in [-0.4, -0.2) is 39.6 Å². The topological polar surface area (TPSA) is 104 Å². The van der Waals surface area contributed by atoms with Gasteiger partial charge < -0.3 is 5.73 Å². The van der Waals surface area contributed by atoms with E-state index in [1.54, 1.807) is 13.8 Å². The van der Waals surface area contributed by atoms with Crippen molar-refractivity contribution < 1.29 is 8.42 Å². The quantitative estimate of drug-likeness (QED) is 0.847. The summed E-state index contributed by atoms with van der Waals surface area (Å²) in [5.41, 5.74) is 8.27. The fourth-order valence-corrected chi connectivity index (χ4v) is 2.21. The van der Waals surface area contributed by atoms with Crippen LogP contribution in [-0.2, 0) is 16.4 Å². The number of nitrogen functional groups attached to an aromatic ring is 1. The van der Waals surface area contributed by atoms with Crippen molar-refractivity contribution in [1.29, 1.82) is 0 Å². The summed E-state index contributed by atoms with van der Waals surface area (Å²) < 4.78 is 24.2. The SMILES string of the molecule is Cc1cccc(-c2nnnn2CC(C)(C)S(C)(=O)=O)c1N. The normalized spacial score (nSPS) is 12.6. The zero-order valence-corrected chi connectivity index (χ0v) is 13.3. The highest BCUT2D eigenvalue weighted by atomic mass is 32.2. The van der Waals surface area contributed by atoms with Crippen LogP contribution < -0.4 is 5.73 Å². The van der Waals surface area contributed by atoms with E-state index in [9.17, 15) is 8.42 Å². The first-order chi connectivity index (χ1) is 9.63. The van der Waals surface area contributed by atoms with Gasteiger partial charge in [0.05, 0.1) is 11.3 Å². The Labute approximate surface area is 124 Å². The third-order valence-electron chi connectivity index (χ3n) is 3.63. The predicted octanol–water partition coefficient (Wildman–Crippen LogP) is 1.05. The summed E-state index contributed by atoms with van der Waals surface area (Å²) in [6.07, 6.45) is 1.21. The molecular formula is C13H19N5O2S. The summed E-state index contributed by atoms with van der Waals surface area (Å²) in [5, 5.41) is 11.5. The summed E-state index contributed by atoms with van der Waals surface area (Å²) >= 11 is 0. The van der Waals surface area contributed by atoms with Crippen LogP contribution in [0.25, 0.3) is 11.4 Å². The van der Waals surface area contributed by atoms with Crippen molar-refractivity contribution in [2.45, 2.75) is 32.1 Å². The number of rotatable bonds is 4. The molecule has 1 heterocycles. The van der Waals surface area contributed by atoms with Gasteiger partial charge in [-0.2, -0.15) is 0 Å². The van der Waals surface area contributed by atoms with Gasteiger partial charge in [-0.25, -0.2) is 13.1 Å². The lowest BCUT2D eigenvalue weighted by Crippen LogP contribution is -2.36. The molecule has 0 aliphatic rings. The zero-order valence-electron chi connectivity index (χ0n) is 12.5. The Hall–Kier alpha value is -1.96. The van der Waals surface area contributed by atoms with Crippen molar-refractivity contribution in [3.05, 3.63) is 23.8 Å². The number of nitrogens with two attached hydrogens (primary N) is 1. The van der Waals surface area contributed by atoms with E-state index in [0.717, 1.165) is 5.56 Å². The van der Waals surface area contributed by atoms with E-state index < -0.39 is 14.6 Å². The van der Waals surface area contributed by atoms with Gasteiger partial charge >= 0.3 is 0 Å². The minimum absolute atomic E-state index is 0.154. The van der Waals surface area contributed by atoms with Crippen molar-refractivity contribution in [3.8, 4) is 11.4 Å². The molecule has 2 aromatic rings. The maximum atomic E-state index is 11.8. The van der Waals surface area contributed by atoms with Crippen LogP contribution in [0.4, 0.5) is 5.69 Å².